The van der Waals surface area contributed by atoms with E-state index in [1.165, 1.54) is 0 Å². The van der Waals surface area contributed by atoms with Crippen LogP contribution in [-0.2, 0) is 4.79 Å². The first-order valence-electron chi connectivity index (χ1n) is 5.98. The molecule has 1 amide bonds. The van der Waals surface area contributed by atoms with Crippen LogP contribution in [0.5, 0.6) is 0 Å². The molecule has 1 N–H and O–H groups in total. The summed E-state index contributed by atoms with van der Waals surface area (Å²) in [5.41, 5.74) is 0. The van der Waals surface area contributed by atoms with Crippen LogP contribution >= 0.6 is 0 Å². The second kappa shape index (κ2) is 10.1. The standard InChI is InChI=1S/C13H25N3O/c1-5-9-16(10-6-2)13(17)12-15(4)11-7-8-14-3/h5-6,14H,1-2,7-12H2,3-4H3. The molecule has 0 saturated heterocycles. The third-order valence-electron chi connectivity index (χ3n) is 2.42. The zero-order valence-electron chi connectivity index (χ0n) is 11.1. The summed E-state index contributed by atoms with van der Waals surface area (Å²) in [7, 11) is 3.90. The zero-order chi connectivity index (χ0) is 13.1. The second-order valence-electron chi connectivity index (χ2n) is 4.07. The molecule has 0 aromatic heterocycles. The molecule has 0 aliphatic heterocycles. The van der Waals surface area contributed by atoms with E-state index >= 15 is 0 Å². The summed E-state index contributed by atoms with van der Waals surface area (Å²) >= 11 is 0. The maximum Gasteiger partial charge on any atom is 0.237 e. The summed E-state index contributed by atoms with van der Waals surface area (Å²) in [5, 5.41) is 3.09. The van der Waals surface area contributed by atoms with Crippen LogP contribution in [0, 0.1) is 0 Å². The molecule has 0 aromatic rings. The summed E-state index contributed by atoms with van der Waals surface area (Å²) in [4.78, 5) is 15.7. The largest absolute Gasteiger partial charge is 0.334 e. The van der Waals surface area contributed by atoms with E-state index in [1.54, 1.807) is 17.1 Å². The van der Waals surface area contributed by atoms with Crippen LogP contribution in [0.4, 0.5) is 0 Å². The van der Waals surface area contributed by atoms with Crippen molar-refractivity contribution in [2.24, 2.45) is 0 Å². The number of likely N-dealkylation sites (N-methyl/N-ethyl adjacent to an activating group) is 1. The Morgan fingerprint density at radius 3 is 2.35 bits per heavy atom. The summed E-state index contributed by atoms with van der Waals surface area (Å²) in [6.45, 7) is 10.8. The lowest BCUT2D eigenvalue weighted by Gasteiger charge is -2.23. The maximum absolute atomic E-state index is 11.9. The van der Waals surface area contributed by atoms with Gasteiger partial charge in [0.1, 0.15) is 0 Å². The van der Waals surface area contributed by atoms with Crippen molar-refractivity contribution in [1.82, 2.24) is 15.1 Å². The number of carbonyl (C=O) groups is 1. The van der Waals surface area contributed by atoms with Crippen molar-refractivity contribution in [2.45, 2.75) is 6.42 Å². The summed E-state index contributed by atoms with van der Waals surface area (Å²) < 4.78 is 0. The molecule has 98 valence electrons. The van der Waals surface area contributed by atoms with E-state index in [2.05, 4.69) is 18.5 Å². The van der Waals surface area contributed by atoms with E-state index in [4.69, 9.17) is 0 Å². The molecule has 0 saturated carbocycles. The second-order valence-corrected chi connectivity index (χ2v) is 4.07. The highest BCUT2D eigenvalue weighted by Gasteiger charge is 2.12. The highest BCUT2D eigenvalue weighted by molar-refractivity contribution is 5.78. The van der Waals surface area contributed by atoms with Crippen LogP contribution in [-0.4, -0.2) is 62.5 Å². The lowest BCUT2D eigenvalue weighted by atomic mass is 10.3. The topological polar surface area (TPSA) is 35.6 Å². The summed E-state index contributed by atoms with van der Waals surface area (Å²) in [6.07, 6.45) is 4.52. The Hall–Kier alpha value is -1.13. The summed E-state index contributed by atoms with van der Waals surface area (Å²) in [5.74, 6) is 0.122. The zero-order valence-corrected chi connectivity index (χ0v) is 11.1. The molecule has 0 rings (SSSR count). The van der Waals surface area contributed by atoms with Gasteiger partial charge in [0.05, 0.1) is 6.54 Å². The predicted molar refractivity (Wildman–Crippen MR) is 73.0 cm³/mol. The van der Waals surface area contributed by atoms with E-state index in [1.807, 2.05) is 19.0 Å². The van der Waals surface area contributed by atoms with Crippen LogP contribution in [0.15, 0.2) is 25.3 Å². The number of carbonyl (C=O) groups excluding carboxylic acids is 1. The third kappa shape index (κ3) is 7.71. The molecule has 0 fully saturated rings. The van der Waals surface area contributed by atoms with E-state index in [0.717, 1.165) is 19.5 Å². The molecular weight excluding hydrogens is 214 g/mol. The number of nitrogens with one attached hydrogen (secondary N) is 1. The summed E-state index contributed by atoms with van der Waals surface area (Å²) in [6, 6.07) is 0. The minimum Gasteiger partial charge on any atom is -0.334 e. The minimum atomic E-state index is 0.122. The molecule has 0 aliphatic carbocycles. The van der Waals surface area contributed by atoms with Gasteiger partial charge in [-0.1, -0.05) is 12.2 Å². The van der Waals surface area contributed by atoms with Gasteiger partial charge in [0.2, 0.25) is 5.91 Å². The number of hydrogen-bond acceptors (Lipinski definition) is 3. The number of amides is 1. The lowest BCUT2D eigenvalue weighted by Crippen LogP contribution is -2.39. The van der Waals surface area contributed by atoms with Gasteiger partial charge in [0.25, 0.3) is 0 Å². The van der Waals surface area contributed by atoms with Gasteiger partial charge in [-0.2, -0.15) is 0 Å². The van der Waals surface area contributed by atoms with Crippen molar-refractivity contribution in [3.8, 4) is 0 Å². The molecule has 0 spiro atoms. The van der Waals surface area contributed by atoms with E-state index in [9.17, 15) is 4.79 Å². The van der Waals surface area contributed by atoms with Crippen LogP contribution in [0.2, 0.25) is 0 Å². The van der Waals surface area contributed by atoms with Crippen LogP contribution in [0.3, 0.4) is 0 Å². The van der Waals surface area contributed by atoms with Gasteiger partial charge < -0.3 is 10.2 Å². The first kappa shape index (κ1) is 15.9. The highest BCUT2D eigenvalue weighted by atomic mass is 16.2. The van der Waals surface area contributed by atoms with Gasteiger partial charge in [0.15, 0.2) is 0 Å². The first-order valence-corrected chi connectivity index (χ1v) is 5.98. The van der Waals surface area contributed by atoms with E-state index in [0.29, 0.717) is 19.6 Å². The maximum atomic E-state index is 11.9. The first-order chi connectivity index (χ1) is 8.15. The van der Waals surface area contributed by atoms with Crippen molar-refractivity contribution in [3.63, 3.8) is 0 Å². The van der Waals surface area contributed by atoms with Crippen LogP contribution < -0.4 is 5.32 Å². The Kier molecular flexibility index (Phi) is 9.38. The van der Waals surface area contributed by atoms with Crippen molar-refractivity contribution >= 4 is 5.91 Å². The van der Waals surface area contributed by atoms with Gasteiger partial charge in [0, 0.05) is 13.1 Å². The molecular formula is C13H25N3O. The number of hydrogen-bond donors (Lipinski definition) is 1. The SMILES string of the molecule is C=CCN(CC=C)C(=O)CN(C)CCCNC. The van der Waals surface area contributed by atoms with Gasteiger partial charge in [-0.05, 0) is 33.6 Å². The fraction of sp³-hybridized carbons (Fsp3) is 0.615. The molecule has 4 nitrogen and oxygen atoms in total. The molecule has 0 unspecified atom stereocenters. The van der Waals surface area contributed by atoms with Crippen molar-refractivity contribution in [1.29, 1.82) is 0 Å². The fourth-order valence-electron chi connectivity index (χ4n) is 1.53. The van der Waals surface area contributed by atoms with Crippen molar-refractivity contribution < 1.29 is 4.79 Å². The average molecular weight is 239 g/mol. The van der Waals surface area contributed by atoms with Gasteiger partial charge in [-0.15, -0.1) is 13.2 Å². The molecule has 4 heteroatoms. The minimum absolute atomic E-state index is 0.122. The Labute approximate surface area is 105 Å². The van der Waals surface area contributed by atoms with E-state index < -0.39 is 0 Å². The van der Waals surface area contributed by atoms with Crippen LogP contribution in [0.25, 0.3) is 0 Å². The van der Waals surface area contributed by atoms with E-state index in [-0.39, 0.29) is 5.91 Å². The molecule has 0 radical (unpaired) electrons. The van der Waals surface area contributed by atoms with Crippen molar-refractivity contribution in [3.05, 3.63) is 25.3 Å². The Morgan fingerprint density at radius 1 is 1.29 bits per heavy atom. The normalized spacial score (nSPS) is 10.3. The van der Waals surface area contributed by atoms with Crippen LogP contribution in [0.1, 0.15) is 6.42 Å². The molecule has 0 atom stereocenters. The Morgan fingerprint density at radius 2 is 1.88 bits per heavy atom. The van der Waals surface area contributed by atoms with Crippen molar-refractivity contribution in [2.75, 3.05) is 46.8 Å². The number of nitrogens with zero attached hydrogens (tertiary/aromatic N) is 2. The monoisotopic (exact) mass is 239 g/mol. The molecule has 0 bridgehead atoms. The molecule has 0 heterocycles. The highest BCUT2D eigenvalue weighted by Crippen LogP contribution is 1.95. The lowest BCUT2D eigenvalue weighted by molar-refractivity contribution is -0.131. The molecule has 17 heavy (non-hydrogen) atoms. The average Bonchev–Trinajstić information content (AvgIpc) is 2.29. The number of rotatable bonds is 10. The van der Waals surface area contributed by atoms with Gasteiger partial charge in [-0.3, -0.25) is 9.69 Å². The van der Waals surface area contributed by atoms with Gasteiger partial charge in [-0.25, -0.2) is 0 Å². The Bertz CT molecular complexity index is 231. The smallest absolute Gasteiger partial charge is 0.237 e. The predicted octanol–water partition coefficient (Wildman–Crippen LogP) is 0.728. The molecule has 0 aliphatic rings. The fourth-order valence-corrected chi connectivity index (χ4v) is 1.53. The quantitative estimate of drug-likeness (QED) is 0.451. The third-order valence-corrected chi connectivity index (χ3v) is 2.42. The van der Waals surface area contributed by atoms with Gasteiger partial charge >= 0.3 is 0 Å². The Balaban J connectivity index is 4.00. The molecule has 0 aromatic carbocycles.